The van der Waals surface area contributed by atoms with Crippen LogP contribution in [-0.2, 0) is 24.1 Å². The molecule has 0 amide bonds. The van der Waals surface area contributed by atoms with E-state index in [2.05, 4.69) is 50.3 Å². The van der Waals surface area contributed by atoms with Gasteiger partial charge >= 0.3 is 0 Å². The van der Waals surface area contributed by atoms with E-state index in [1.165, 1.54) is 28.1 Å². The van der Waals surface area contributed by atoms with Gasteiger partial charge in [-0.2, -0.15) is 5.10 Å². The Morgan fingerprint density at radius 2 is 2.00 bits per heavy atom. The van der Waals surface area contributed by atoms with Gasteiger partial charge in [-0.05, 0) is 61.7 Å². The molecular formula is C30H39N5O2. The second-order valence-corrected chi connectivity index (χ2v) is 9.53. The maximum Gasteiger partial charge on any atom is 0.213 e. The molecule has 0 saturated carbocycles. The van der Waals surface area contributed by atoms with Crippen LogP contribution in [0.2, 0.25) is 0 Å². The first-order valence-electron chi connectivity index (χ1n) is 13.8. The molecule has 37 heavy (non-hydrogen) atoms. The molecule has 196 valence electrons. The highest BCUT2D eigenvalue weighted by Crippen LogP contribution is 2.40. The van der Waals surface area contributed by atoms with Crippen LogP contribution in [-0.4, -0.2) is 52.6 Å². The van der Waals surface area contributed by atoms with E-state index in [-0.39, 0.29) is 0 Å². The minimum Gasteiger partial charge on any atom is -0.478 e. The number of aryl methyl sites for hydroxylation is 1. The Hall–Kier alpha value is -3.32. The number of nitrogens with zero attached hydrogens (tertiary/aromatic N) is 5. The van der Waals surface area contributed by atoms with Crippen molar-refractivity contribution in [1.29, 1.82) is 0 Å². The van der Waals surface area contributed by atoms with Crippen molar-refractivity contribution < 1.29 is 9.47 Å². The maximum atomic E-state index is 5.72. The molecule has 1 aromatic carbocycles. The monoisotopic (exact) mass is 501 g/mol. The molecule has 0 aliphatic carbocycles. The molecule has 6 rings (SSSR count). The number of aromatic nitrogens is 3. The third kappa shape index (κ3) is 4.97. The van der Waals surface area contributed by atoms with Crippen molar-refractivity contribution in [1.82, 2.24) is 19.7 Å². The van der Waals surface area contributed by atoms with E-state index in [1.54, 1.807) is 0 Å². The second kappa shape index (κ2) is 11.4. The minimum atomic E-state index is 0.339. The highest BCUT2D eigenvalue weighted by Gasteiger charge is 2.32. The predicted molar refractivity (Wildman–Crippen MR) is 149 cm³/mol. The van der Waals surface area contributed by atoms with Crippen LogP contribution in [0.4, 0.5) is 11.5 Å². The van der Waals surface area contributed by atoms with Crippen LogP contribution < -0.4 is 9.64 Å². The van der Waals surface area contributed by atoms with Crippen molar-refractivity contribution in [3.8, 4) is 17.0 Å². The normalized spacial score (nSPS) is 18.5. The van der Waals surface area contributed by atoms with Gasteiger partial charge in [0.25, 0.3) is 0 Å². The fraction of sp³-hybridized carbons (Fsp3) is 0.467. The van der Waals surface area contributed by atoms with Gasteiger partial charge in [0.2, 0.25) is 5.88 Å². The largest absolute Gasteiger partial charge is 0.478 e. The van der Waals surface area contributed by atoms with E-state index in [0.29, 0.717) is 18.5 Å². The van der Waals surface area contributed by atoms with Gasteiger partial charge in [-0.1, -0.05) is 26.5 Å². The highest BCUT2D eigenvalue weighted by molar-refractivity contribution is 5.74. The molecule has 7 nitrogen and oxygen atoms in total. The van der Waals surface area contributed by atoms with E-state index in [1.807, 2.05) is 39.2 Å². The van der Waals surface area contributed by atoms with Crippen molar-refractivity contribution in [2.75, 3.05) is 37.8 Å². The number of fused-ring (bicyclic) bond motifs is 2. The Labute approximate surface area is 220 Å². The fourth-order valence-corrected chi connectivity index (χ4v) is 5.62. The van der Waals surface area contributed by atoms with Gasteiger partial charge in [0.05, 0.1) is 19.3 Å². The van der Waals surface area contributed by atoms with Crippen molar-refractivity contribution in [3.05, 3.63) is 66.1 Å². The van der Waals surface area contributed by atoms with Crippen LogP contribution in [0.1, 0.15) is 56.5 Å². The van der Waals surface area contributed by atoms with Crippen molar-refractivity contribution in [3.63, 3.8) is 0 Å². The van der Waals surface area contributed by atoms with Crippen LogP contribution in [0.5, 0.6) is 5.88 Å². The standard InChI is InChI=1S/C28H33N5O2.C2H6/c1-3-31-14-11-26-24(18-31)28(30-33(26)23-12-15-34-19-23)32-13-5-6-21-16-20(7-9-25(21)32)22-8-10-27(29-17-22)35-4-2;1-2/h3,7-10,16-17,23H,1,4-6,11-15,18-19H2,2H3;1-2H3. The van der Waals surface area contributed by atoms with Crippen molar-refractivity contribution in [2.45, 2.75) is 59.0 Å². The first kappa shape index (κ1) is 25.3. The molecule has 0 N–H and O–H groups in total. The first-order chi connectivity index (χ1) is 18.2. The Kier molecular flexibility index (Phi) is 7.79. The summed E-state index contributed by atoms with van der Waals surface area (Å²) in [5.41, 5.74) is 7.65. The van der Waals surface area contributed by atoms with Gasteiger partial charge in [0.15, 0.2) is 5.82 Å². The lowest BCUT2D eigenvalue weighted by molar-refractivity contribution is 0.183. The maximum absolute atomic E-state index is 5.72. The molecule has 3 aliphatic heterocycles. The molecule has 7 heteroatoms. The van der Waals surface area contributed by atoms with Crippen LogP contribution in [0.15, 0.2) is 49.3 Å². The number of benzene rings is 1. The molecule has 1 atom stereocenters. The van der Waals surface area contributed by atoms with Gasteiger partial charge in [-0.3, -0.25) is 4.68 Å². The van der Waals surface area contributed by atoms with E-state index in [4.69, 9.17) is 14.6 Å². The zero-order chi connectivity index (χ0) is 25.8. The summed E-state index contributed by atoms with van der Waals surface area (Å²) in [6.07, 6.45) is 8.08. The summed E-state index contributed by atoms with van der Waals surface area (Å²) in [5, 5.41) is 5.25. The molecule has 1 unspecified atom stereocenters. The number of anilines is 2. The van der Waals surface area contributed by atoms with Crippen LogP contribution in [0.25, 0.3) is 11.1 Å². The summed E-state index contributed by atoms with van der Waals surface area (Å²) < 4.78 is 13.5. The summed E-state index contributed by atoms with van der Waals surface area (Å²) in [6, 6.07) is 11.2. The Morgan fingerprint density at radius 1 is 1.14 bits per heavy atom. The van der Waals surface area contributed by atoms with Gasteiger partial charge in [0.1, 0.15) is 0 Å². The third-order valence-electron chi connectivity index (χ3n) is 7.42. The van der Waals surface area contributed by atoms with Crippen LogP contribution >= 0.6 is 0 Å². The average Bonchev–Trinajstić information content (AvgIpc) is 3.62. The van der Waals surface area contributed by atoms with Crippen molar-refractivity contribution in [2.24, 2.45) is 0 Å². The zero-order valence-corrected chi connectivity index (χ0v) is 22.4. The average molecular weight is 502 g/mol. The van der Waals surface area contributed by atoms with Crippen molar-refractivity contribution >= 4 is 11.5 Å². The summed E-state index contributed by atoms with van der Waals surface area (Å²) >= 11 is 0. The smallest absolute Gasteiger partial charge is 0.213 e. The van der Waals surface area contributed by atoms with E-state index in [9.17, 15) is 0 Å². The molecule has 5 heterocycles. The van der Waals surface area contributed by atoms with Crippen LogP contribution in [0.3, 0.4) is 0 Å². The summed E-state index contributed by atoms with van der Waals surface area (Å²) in [5.74, 6) is 1.77. The number of pyridine rings is 1. The molecule has 2 aromatic heterocycles. The Morgan fingerprint density at radius 3 is 2.73 bits per heavy atom. The first-order valence-corrected chi connectivity index (χ1v) is 13.8. The quantitative estimate of drug-likeness (QED) is 0.418. The Balaban J connectivity index is 0.00000137. The van der Waals surface area contributed by atoms with E-state index >= 15 is 0 Å². The number of rotatable bonds is 6. The van der Waals surface area contributed by atoms with E-state index < -0.39 is 0 Å². The van der Waals surface area contributed by atoms with Gasteiger partial charge in [-0.15, -0.1) is 0 Å². The molecular weight excluding hydrogens is 462 g/mol. The lowest BCUT2D eigenvalue weighted by Gasteiger charge is -2.32. The summed E-state index contributed by atoms with van der Waals surface area (Å²) in [7, 11) is 0. The zero-order valence-electron chi connectivity index (χ0n) is 22.4. The summed E-state index contributed by atoms with van der Waals surface area (Å²) in [6.45, 7) is 15.0. The fourth-order valence-electron chi connectivity index (χ4n) is 5.62. The number of hydrogen-bond donors (Lipinski definition) is 0. The van der Waals surface area contributed by atoms with Crippen LogP contribution in [0, 0.1) is 0 Å². The molecule has 1 saturated heterocycles. The lowest BCUT2D eigenvalue weighted by Crippen LogP contribution is -2.29. The van der Waals surface area contributed by atoms with Gasteiger partial charge in [0, 0.05) is 67.4 Å². The van der Waals surface area contributed by atoms with Gasteiger partial charge < -0.3 is 19.3 Å². The lowest BCUT2D eigenvalue weighted by atomic mass is 9.96. The molecule has 0 spiro atoms. The summed E-state index contributed by atoms with van der Waals surface area (Å²) in [4.78, 5) is 9.20. The van der Waals surface area contributed by atoms with E-state index in [0.717, 1.165) is 69.9 Å². The molecule has 3 aliphatic rings. The predicted octanol–water partition coefficient (Wildman–Crippen LogP) is 5.92. The molecule has 1 fully saturated rings. The molecule has 0 radical (unpaired) electrons. The third-order valence-corrected chi connectivity index (χ3v) is 7.42. The SMILES string of the molecule is C=CN1CCc2c(c(N3CCCc4cc(-c5ccc(OCC)nc5)ccc43)nn2C2CCOC2)C1.CC. The molecule has 3 aromatic rings. The highest BCUT2D eigenvalue weighted by atomic mass is 16.5. The Bertz CT molecular complexity index is 1210. The number of hydrogen-bond acceptors (Lipinski definition) is 6. The van der Waals surface area contributed by atoms with Gasteiger partial charge in [-0.25, -0.2) is 4.98 Å². The molecule has 0 bridgehead atoms. The minimum absolute atomic E-state index is 0.339. The second-order valence-electron chi connectivity index (χ2n) is 9.53. The number of ether oxygens (including phenoxy) is 2. The topological polar surface area (TPSA) is 55.7 Å².